The van der Waals surface area contributed by atoms with Crippen molar-refractivity contribution >= 4 is 44.9 Å². The molecule has 11 heteroatoms. The molecule has 5 rings (SSSR count). The summed E-state index contributed by atoms with van der Waals surface area (Å²) in [4.78, 5) is 4.62. The zero-order valence-corrected chi connectivity index (χ0v) is 22.2. The van der Waals surface area contributed by atoms with E-state index in [4.69, 9.17) is 28.9 Å². The average Bonchev–Trinajstić information content (AvgIpc) is 3.28. The Hall–Kier alpha value is -2.95. The minimum atomic E-state index is -4.01. The lowest BCUT2D eigenvalue weighted by Crippen LogP contribution is -2.60. The molecular formula is C26H26Cl2N5O3S+. The Bertz CT molecular complexity index is 1460. The van der Waals surface area contributed by atoms with Crippen LogP contribution in [0.2, 0.25) is 10.0 Å². The molecule has 0 bridgehead atoms. The molecule has 4 atom stereocenters. The van der Waals surface area contributed by atoms with Crippen molar-refractivity contribution in [2.75, 3.05) is 6.54 Å². The molecule has 0 saturated heterocycles. The highest BCUT2D eigenvalue weighted by molar-refractivity contribution is 7.90. The van der Waals surface area contributed by atoms with Crippen molar-refractivity contribution in [3.8, 4) is 0 Å². The van der Waals surface area contributed by atoms with Gasteiger partial charge in [-0.15, -0.1) is 9.69 Å². The third-order valence-corrected chi connectivity index (χ3v) is 8.48. The Labute approximate surface area is 225 Å². The largest absolute Gasteiger partial charge is 0.376 e. The fourth-order valence-corrected chi connectivity index (χ4v) is 6.12. The Balaban J connectivity index is 1.66. The molecule has 192 valence electrons. The van der Waals surface area contributed by atoms with Crippen molar-refractivity contribution in [3.63, 3.8) is 0 Å². The number of nitrogens with one attached hydrogen (secondary N) is 1. The molecule has 0 amide bonds. The first-order valence-electron chi connectivity index (χ1n) is 11.7. The summed E-state index contributed by atoms with van der Waals surface area (Å²) in [6.07, 6.45) is -1.31. The van der Waals surface area contributed by atoms with Crippen LogP contribution in [0.1, 0.15) is 24.0 Å². The zero-order chi connectivity index (χ0) is 26.3. The summed E-state index contributed by atoms with van der Waals surface area (Å²) in [6.45, 7) is 2.33. The summed E-state index contributed by atoms with van der Waals surface area (Å²) in [5.41, 5.74) is 8.83. The van der Waals surface area contributed by atoms with Crippen LogP contribution >= 0.6 is 23.2 Å². The number of benzene rings is 3. The highest BCUT2D eigenvalue weighted by Gasteiger charge is 2.52. The van der Waals surface area contributed by atoms with Gasteiger partial charge in [0.05, 0.1) is 17.4 Å². The topological polar surface area (TPSA) is 111 Å². The van der Waals surface area contributed by atoms with E-state index in [0.717, 1.165) is 16.8 Å². The van der Waals surface area contributed by atoms with Gasteiger partial charge in [0.15, 0.2) is 6.04 Å². The fourth-order valence-electron chi connectivity index (χ4n) is 4.86. The van der Waals surface area contributed by atoms with E-state index in [2.05, 4.69) is 9.71 Å². The van der Waals surface area contributed by atoms with Crippen LogP contribution < -0.4 is 10.5 Å². The van der Waals surface area contributed by atoms with Crippen molar-refractivity contribution in [1.82, 2.24) is 9.73 Å². The zero-order valence-electron chi connectivity index (χ0n) is 19.9. The first-order valence-corrected chi connectivity index (χ1v) is 13.9. The molecule has 0 aromatic heterocycles. The molecule has 3 aromatic carbocycles. The Kier molecular flexibility index (Phi) is 6.99. The number of hydrazine groups is 1. The number of aliphatic imine (C=N–C) groups is 1. The number of halogens is 2. The maximum atomic E-state index is 13.3. The highest BCUT2D eigenvalue weighted by Crippen LogP contribution is 2.33. The van der Waals surface area contributed by atoms with Crippen molar-refractivity contribution in [1.29, 1.82) is 0 Å². The number of guanidine groups is 1. The van der Waals surface area contributed by atoms with Crippen molar-refractivity contribution in [2.24, 2.45) is 10.7 Å². The summed E-state index contributed by atoms with van der Waals surface area (Å²) >= 11 is 12.1. The fraction of sp³-hybridized carbons (Fsp3) is 0.231. The molecule has 0 aliphatic carbocycles. The second-order valence-electron chi connectivity index (χ2n) is 9.02. The van der Waals surface area contributed by atoms with Gasteiger partial charge in [-0.2, -0.15) is 0 Å². The van der Waals surface area contributed by atoms with Crippen LogP contribution in [0, 0.1) is 0 Å². The van der Waals surface area contributed by atoms with E-state index < -0.39 is 22.3 Å². The minimum absolute atomic E-state index is 0.0373. The Morgan fingerprint density at radius 3 is 2.22 bits per heavy atom. The summed E-state index contributed by atoms with van der Waals surface area (Å²) in [7, 11) is -4.01. The average molecular weight is 559 g/mol. The monoisotopic (exact) mass is 558 g/mol. The molecule has 0 spiro atoms. The molecule has 4 N–H and O–H groups in total. The van der Waals surface area contributed by atoms with E-state index in [-0.39, 0.29) is 22.8 Å². The lowest BCUT2D eigenvalue weighted by atomic mass is 9.90. The lowest BCUT2D eigenvalue weighted by Gasteiger charge is -2.31. The molecule has 2 aliphatic heterocycles. The second kappa shape index (κ2) is 10.1. The smallest absolute Gasteiger partial charge is 0.265 e. The van der Waals surface area contributed by atoms with Crippen molar-refractivity contribution in [2.45, 2.75) is 36.0 Å². The predicted octanol–water partition coefficient (Wildman–Crippen LogP) is 3.19. The predicted molar refractivity (Wildman–Crippen MR) is 144 cm³/mol. The summed E-state index contributed by atoms with van der Waals surface area (Å²) in [5, 5.41) is 13.2. The van der Waals surface area contributed by atoms with E-state index in [1.54, 1.807) is 5.01 Å². The molecule has 0 fully saturated rings. The van der Waals surface area contributed by atoms with Gasteiger partial charge in [0, 0.05) is 22.5 Å². The lowest BCUT2D eigenvalue weighted by molar-refractivity contribution is -0.691. The van der Waals surface area contributed by atoms with Crippen LogP contribution in [-0.4, -0.2) is 59.7 Å². The van der Waals surface area contributed by atoms with Crippen LogP contribution in [0.4, 0.5) is 0 Å². The molecule has 2 aliphatic rings. The number of hydrogen-bond acceptors (Lipinski definition) is 6. The van der Waals surface area contributed by atoms with Crippen LogP contribution in [0.5, 0.6) is 0 Å². The first kappa shape index (κ1) is 25.7. The number of rotatable bonds is 5. The second-order valence-corrected chi connectivity index (χ2v) is 11.6. The van der Waals surface area contributed by atoms with Gasteiger partial charge in [0.2, 0.25) is 11.8 Å². The molecule has 3 aromatic rings. The standard InChI is InChI=1S/C26H26Cl2N5O3S/c1-16-23(25(29)34)30-26(31-37(35,36)21-13-11-20(28)12-14-21)32-15-22(17-5-3-2-4-6-17)24(33(16)32)18-7-9-19(27)10-8-18/h2-14,16,22-23,25,34H,15,29H2,1H3,(H,30,31)/q+1/t16?,22-,23+,25?/m1/s1. The van der Waals surface area contributed by atoms with Gasteiger partial charge in [0.25, 0.3) is 16.0 Å². The minimum Gasteiger partial charge on any atom is -0.376 e. The number of aliphatic hydroxyl groups excluding tert-OH is 1. The van der Waals surface area contributed by atoms with Gasteiger partial charge in [-0.05, 0) is 54.1 Å². The molecule has 37 heavy (non-hydrogen) atoms. The maximum absolute atomic E-state index is 13.3. The SMILES string of the molecule is CC1[C@@H](C(N)O)N=C(NS(=O)(=O)c2ccc(Cl)cc2)N2C[C@H](c3ccccc3)C(c3ccc(Cl)cc3)=[N+]12. The molecule has 8 nitrogen and oxygen atoms in total. The van der Waals surface area contributed by atoms with Crippen LogP contribution in [-0.2, 0) is 10.0 Å². The van der Waals surface area contributed by atoms with Gasteiger partial charge in [-0.3, -0.25) is 0 Å². The number of aliphatic hydroxyl groups is 1. The number of sulfonamides is 1. The van der Waals surface area contributed by atoms with Crippen LogP contribution in [0.25, 0.3) is 0 Å². The van der Waals surface area contributed by atoms with Gasteiger partial charge < -0.3 is 10.8 Å². The van der Waals surface area contributed by atoms with E-state index in [0.29, 0.717) is 16.6 Å². The number of nitrogens with zero attached hydrogens (tertiary/aromatic N) is 3. The highest BCUT2D eigenvalue weighted by atomic mass is 35.5. The van der Waals surface area contributed by atoms with E-state index in [1.165, 1.54) is 24.3 Å². The molecule has 2 heterocycles. The van der Waals surface area contributed by atoms with E-state index in [1.807, 2.05) is 66.2 Å². The van der Waals surface area contributed by atoms with Gasteiger partial charge in [-0.1, -0.05) is 53.5 Å². The normalized spacial score (nSPS) is 22.5. The summed E-state index contributed by atoms with van der Waals surface area (Å²) in [6, 6.07) is 22.1. The van der Waals surface area contributed by atoms with Gasteiger partial charge in [-0.25, -0.2) is 18.1 Å². The Morgan fingerprint density at radius 1 is 1.03 bits per heavy atom. The quantitative estimate of drug-likeness (QED) is 0.329. The maximum Gasteiger partial charge on any atom is 0.265 e. The molecular weight excluding hydrogens is 533 g/mol. The molecule has 2 unspecified atom stereocenters. The number of hydrazone groups is 1. The molecule has 0 saturated carbocycles. The third kappa shape index (κ3) is 4.97. The van der Waals surface area contributed by atoms with Crippen molar-refractivity contribution in [3.05, 3.63) is 100 Å². The van der Waals surface area contributed by atoms with Crippen molar-refractivity contribution < 1.29 is 18.2 Å². The van der Waals surface area contributed by atoms with Gasteiger partial charge >= 0.3 is 0 Å². The molecule has 0 radical (unpaired) electrons. The third-order valence-electron chi connectivity index (χ3n) is 6.63. The number of nitrogens with two attached hydrogens (primary N) is 1. The first-order chi connectivity index (χ1) is 17.7. The van der Waals surface area contributed by atoms with Crippen LogP contribution in [0.3, 0.4) is 0 Å². The number of fused-ring (bicyclic) bond motifs is 1. The summed E-state index contributed by atoms with van der Waals surface area (Å²) < 4.78 is 31.2. The van der Waals surface area contributed by atoms with Crippen LogP contribution in [0.15, 0.2) is 88.8 Å². The summed E-state index contributed by atoms with van der Waals surface area (Å²) in [5.74, 6) is -0.0452. The van der Waals surface area contributed by atoms with E-state index in [9.17, 15) is 13.5 Å². The van der Waals surface area contributed by atoms with E-state index >= 15 is 0 Å². The number of hydrogen-bond donors (Lipinski definition) is 3. The van der Waals surface area contributed by atoms with Gasteiger partial charge in [0.1, 0.15) is 6.23 Å². The Morgan fingerprint density at radius 2 is 1.62 bits per heavy atom.